The molecular formula is C32H42NO5+. The SMILES string of the molecule is CC(C)CC(=O)OC(C)OC(C(=O)OC1CC2CCC(C1)[N+]21CCCC1)(c1ccccc1)c1ccccc1. The first-order valence-electron chi connectivity index (χ1n) is 14.4. The van der Waals surface area contributed by atoms with Gasteiger partial charge in [-0.1, -0.05) is 74.5 Å². The summed E-state index contributed by atoms with van der Waals surface area (Å²) in [5.41, 5.74) is -0.245. The van der Waals surface area contributed by atoms with Gasteiger partial charge in [0.25, 0.3) is 0 Å². The van der Waals surface area contributed by atoms with Crippen LogP contribution in [0.5, 0.6) is 0 Å². The number of rotatable bonds is 9. The fraction of sp³-hybridized carbons (Fsp3) is 0.562. The first-order chi connectivity index (χ1) is 18.3. The van der Waals surface area contributed by atoms with Crippen molar-refractivity contribution in [3.63, 3.8) is 0 Å². The van der Waals surface area contributed by atoms with Gasteiger partial charge in [-0.25, -0.2) is 4.79 Å². The number of hydrogen-bond donors (Lipinski definition) is 0. The molecule has 0 aromatic heterocycles. The third kappa shape index (κ3) is 5.13. The van der Waals surface area contributed by atoms with Crippen molar-refractivity contribution < 1.29 is 28.3 Å². The molecule has 5 rings (SSSR count). The second-order valence-corrected chi connectivity index (χ2v) is 11.8. The van der Waals surface area contributed by atoms with Crippen LogP contribution in [0.25, 0.3) is 0 Å². The van der Waals surface area contributed by atoms with Crippen LogP contribution in [-0.2, 0) is 29.4 Å². The lowest BCUT2D eigenvalue weighted by molar-refractivity contribution is -0.956. The van der Waals surface area contributed by atoms with Gasteiger partial charge in [0.15, 0.2) is 0 Å². The predicted octanol–water partition coefficient (Wildman–Crippen LogP) is 5.73. The summed E-state index contributed by atoms with van der Waals surface area (Å²) in [6, 6.07) is 20.1. The van der Waals surface area contributed by atoms with E-state index in [1.807, 2.05) is 74.5 Å². The first-order valence-corrected chi connectivity index (χ1v) is 14.4. The minimum Gasteiger partial charge on any atom is -0.459 e. The standard InChI is InChI=1S/C32H42NO5/c1-23(2)20-30(34)36-24(3)38-32(25-12-6-4-7-13-25,26-14-8-5-9-15-26)31(35)37-29-21-27-16-17-28(22-29)33(27)18-10-11-19-33/h4-9,12-15,23-24,27-29H,10-11,16-22H2,1-3H3/q+1. The van der Waals surface area contributed by atoms with Crippen LogP contribution in [0.3, 0.4) is 0 Å². The summed E-state index contributed by atoms with van der Waals surface area (Å²) < 4.78 is 19.8. The second kappa shape index (κ2) is 11.2. The molecule has 0 N–H and O–H groups in total. The molecule has 0 saturated carbocycles. The molecule has 0 radical (unpaired) electrons. The molecule has 3 atom stereocenters. The molecule has 6 nitrogen and oxygen atoms in total. The molecule has 38 heavy (non-hydrogen) atoms. The predicted molar refractivity (Wildman–Crippen MR) is 145 cm³/mol. The lowest BCUT2D eigenvalue weighted by Crippen LogP contribution is -2.60. The van der Waals surface area contributed by atoms with E-state index < -0.39 is 17.9 Å². The summed E-state index contributed by atoms with van der Waals surface area (Å²) in [6.45, 7) is 8.16. The van der Waals surface area contributed by atoms with Gasteiger partial charge in [-0.3, -0.25) is 4.79 Å². The van der Waals surface area contributed by atoms with Crippen molar-refractivity contribution in [3.8, 4) is 0 Å². The summed E-state index contributed by atoms with van der Waals surface area (Å²) in [5.74, 6) is -0.629. The van der Waals surface area contributed by atoms with Gasteiger partial charge in [0, 0.05) is 44.9 Å². The summed E-state index contributed by atoms with van der Waals surface area (Å²) in [5, 5.41) is 0. The highest BCUT2D eigenvalue weighted by molar-refractivity contribution is 5.86. The number of nitrogens with zero attached hydrogens (tertiary/aromatic N) is 1. The van der Waals surface area contributed by atoms with Crippen LogP contribution in [0, 0.1) is 5.92 Å². The Kier molecular flexibility index (Phi) is 7.92. The summed E-state index contributed by atoms with van der Waals surface area (Å²) >= 11 is 0. The molecule has 3 fully saturated rings. The molecular weight excluding hydrogens is 478 g/mol. The fourth-order valence-electron chi connectivity index (χ4n) is 7.31. The Morgan fingerprint density at radius 2 is 1.39 bits per heavy atom. The van der Waals surface area contributed by atoms with E-state index >= 15 is 0 Å². The van der Waals surface area contributed by atoms with Crippen LogP contribution in [-0.4, -0.2) is 54.0 Å². The van der Waals surface area contributed by atoms with Crippen molar-refractivity contribution in [1.82, 2.24) is 0 Å². The monoisotopic (exact) mass is 520 g/mol. The third-order valence-electron chi connectivity index (χ3n) is 8.89. The quantitative estimate of drug-likeness (QED) is 0.240. The number of hydrogen-bond acceptors (Lipinski definition) is 5. The normalized spacial score (nSPS) is 24.9. The van der Waals surface area contributed by atoms with Crippen molar-refractivity contribution in [2.75, 3.05) is 13.1 Å². The van der Waals surface area contributed by atoms with Gasteiger partial charge in [0.1, 0.15) is 6.10 Å². The topological polar surface area (TPSA) is 61.8 Å². The number of piperidine rings is 1. The van der Waals surface area contributed by atoms with Gasteiger partial charge in [0.2, 0.25) is 11.9 Å². The largest absolute Gasteiger partial charge is 0.459 e. The Morgan fingerprint density at radius 1 is 0.868 bits per heavy atom. The van der Waals surface area contributed by atoms with Crippen molar-refractivity contribution in [3.05, 3.63) is 71.8 Å². The summed E-state index contributed by atoms with van der Waals surface area (Å²) in [7, 11) is 0. The number of benzene rings is 2. The molecule has 2 aromatic rings. The lowest BCUT2D eigenvalue weighted by atomic mass is 9.85. The van der Waals surface area contributed by atoms with Gasteiger partial charge in [-0.2, -0.15) is 0 Å². The average Bonchev–Trinajstić information content (AvgIpc) is 3.44. The molecule has 6 heteroatoms. The number of quaternary nitrogens is 1. The van der Waals surface area contributed by atoms with Gasteiger partial charge in [0.05, 0.1) is 25.2 Å². The Morgan fingerprint density at radius 3 is 1.89 bits per heavy atom. The maximum atomic E-state index is 14.4. The van der Waals surface area contributed by atoms with E-state index in [-0.39, 0.29) is 24.4 Å². The van der Waals surface area contributed by atoms with E-state index in [1.54, 1.807) is 6.92 Å². The molecule has 3 aliphatic rings. The molecule has 1 spiro atoms. The van der Waals surface area contributed by atoms with Crippen molar-refractivity contribution in [1.29, 1.82) is 0 Å². The molecule has 3 unspecified atom stereocenters. The number of esters is 2. The third-order valence-corrected chi connectivity index (χ3v) is 8.89. The maximum absolute atomic E-state index is 14.4. The van der Waals surface area contributed by atoms with Crippen molar-refractivity contribution in [2.24, 2.45) is 5.92 Å². The Labute approximate surface area is 226 Å². The lowest BCUT2D eigenvalue weighted by Gasteiger charge is -2.47. The van der Waals surface area contributed by atoms with E-state index in [0.717, 1.165) is 12.8 Å². The minimum atomic E-state index is -1.56. The Hall–Kier alpha value is -2.70. The highest BCUT2D eigenvalue weighted by Crippen LogP contribution is 2.47. The summed E-state index contributed by atoms with van der Waals surface area (Å²) in [6.07, 6.45) is 6.07. The molecule has 3 saturated heterocycles. The van der Waals surface area contributed by atoms with Gasteiger partial charge < -0.3 is 18.7 Å². The Balaban J connectivity index is 1.45. The molecule has 0 aliphatic carbocycles. The zero-order chi connectivity index (χ0) is 26.8. The fourth-order valence-corrected chi connectivity index (χ4v) is 7.31. The molecule has 2 bridgehead atoms. The van der Waals surface area contributed by atoms with Crippen LogP contribution >= 0.6 is 0 Å². The van der Waals surface area contributed by atoms with Gasteiger partial charge in [-0.05, 0) is 24.0 Å². The molecule has 0 amide bonds. The molecule has 204 valence electrons. The van der Waals surface area contributed by atoms with Crippen molar-refractivity contribution >= 4 is 11.9 Å². The number of ether oxygens (including phenoxy) is 3. The smallest absolute Gasteiger partial charge is 0.348 e. The Bertz CT molecular complexity index is 1040. The first kappa shape index (κ1) is 26.9. The van der Waals surface area contributed by atoms with E-state index in [0.29, 0.717) is 23.2 Å². The number of carbonyl (C=O) groups is 2. The van der Waals surface area contributed by atoms with E-state index in [2.05, 4.69) is 0 Å². The van der Waals surface area contributed by atoms with Crippen LogP contribution in [0.15, 0.2) is 60.7 Å². The highest BCUT2D eigenvalue weighted by atomic mass is 16.7. The minimum absolute atomic E-state index is 0.140. The van der Waals surface area contributed by atoms with Crippen LogP contribution in [0.2, 0.25) is 0 Å². The van der Waals surface area contributed by atoms with Crippen LogP contribution < -0.4 is 0 Å². The molecule has 3 heterocycles. The second-order valence-electron chi connectivity index (χ2n) is 11.8. The zero-order valence-electron chi connectivity index (χ0n) is 23.0. The van der Waals surface area contributed by atoms with E-state index in [1.165, 1.54) is 43.3 Å². The van der Waals surface area contributed by atoms with E-state index in [9.17, 15) is 9.59 Å². The van der Waals surface area contributed by atoms with E-state index in [4.69, 9.17) is 14.2 Å². The zero-order valence-corrected chi connectivity index (χ0v) is 23.0. The summed E-state index contributed by atoms with van der Waals surface area (Å²) in [4.78, 5) is 26.9. The van der Waals surface area contributed by atoms with Crippen LogP contribution in [0.1, 0.15) is 76.8 Å². The molecule has 3 aliphatic heterocycles. The average molecular weight is 521 g/mol. The highest BCUT2D eigenvalue weighted by Gasteiger charge is 2.57. The van der Waals surface area contributed by atoms with Crippen LogP contribution in [0.4, 0.5) is 0 Å². The number of carbonyl (C=O) groups excluding carboxylic acids is 2. The van der Waals surface area contributed by atoms with Crippen molar-refractivity contribution in [2.45, 2.75) is 95.8 Å². The van der Waals surface area contributed by atoms with Gasteiger partial charge >= 0.3 is 11.9 Å². The van der Waals surface area contributed by atoms with Gasteiger partial charge in [-0.15, -0.1) is 0 Å². The molecule has 2 aromatic carbocycles. The maximum Gasteiger partial charge on any atom is 0.348 e.